The molecule has 0 spiro atoms. The van der Waals surface area contributed by atoms with Crippen molar-refractivity contribution in [2.45, 2.75) is 0 Å². The summed E-state index contributed by atoms with van der Waals surface area (Å²) in [6.07, 6.45) is 2.95. The van der Waals surface area contributed by atoms with E-state index in [9.17, 15) is 4.79 Å². The van der Waals surface area contributed by atoms with Crippen LogP contribution in [0.3, 0.4) is 0 Å². The van der Waals surface area contributed by atoms with Crippen LogP contribution in [0.5, 0.6) is 0 Å². The van der Waals surface area contributed by atoms with E-state index < -0.39 is 5.97 Å². The SMILES string of the molecule is COC(=O)c1cnc(N2CCN(Cl)CC2)nc1. The van der Waals surface area contributed by atoms with E-state index in [2.05, 4.69) is 14.7 Å². The lowest BCUT2D eigenvalue weighted by Crippen LogP contribution is -2.43. The van der Waals surface area contributed by atoms with Gasteiger partial charge < -0.3 is 9.64 Å². The number of methoxy groups -OCH3 is 1. The Morgan fingerprint density at radius 2 is 1.88 bits per heavy atom. The van der Waals surface area contributed by atoms with Crippen LogP contribution in [0.15, 0.2) is 12.4 Å². The fourth-order valence-electron chi connectivity index (χ4n) is 1.59. The van der Waals surface area contributed by atoms with Crippen molar-refractivity contribution in [1.29, 1.82) is 0 Å². The van der Waals surface area contributed by atoms with Crippen LogP contribution in [0.25, 0.3) is 0 Å². The third kappa shape index (κ3) is 2.83. The summed E-state index contributed by atoms with van der Waals surface area (Å²) in [7, 11) is 1.33. The highest BCUT2D eigenvalue weighted by atomic mass is 35.5. The van der Waals surface area contributed by atoms with Gasteiger partial charge in [-0.3, -0.25) is 0 Å². The average molecular weight is 257 g/mol. The van der Waals surface area contributed by atoms with Gasteiger partial charge in [0, 0.05) is 38.6 Å². The Balaban J connectivity index is 2.05. The molecule has 2 heterocycles. The second kappa shape index (κ2) is 5.29. The zero-order chi connectivity index (χ0) is 12.3. The molecule has 1 aliphatic heterocycles. The standard InChI is InChI=1S/C10H13ClN4O2/c1-17-9(16)8-6-12-10(13-7-8)14-2-4-15(11)5-3-14/h6-7H,2-5H2,1H3. The smallest absolute Gasteiger partial charge is 0.341 e. The van der Waals surface area contributed by atoms with Crippen molar-refractivity contribution in [3.05, 3.63) is 18.0 Å². The second-order valence-corrected chi connectivity index (χ2v) is 4.14. The molecule has 1 fully saturated rings. The molecule has 2 rings (SSSR count). The predicted molar refractivity (Wildman–Crippen MR) is 63.0 cm³/mol. The summed E-state index contributed by atoms with van der Waals surface area (Å²) in [4.78, 5) is 21.5. The van der Waals surface area contributed by atoms with Gasteiger partial charge in [0.2, 0.25) is 5.95 Å². The molecule has 7 heteroatoms. The summed E-state index contributed by atoms with van der Waals surface area (Å²) in [6.45, 7) is 3.09. The zero-order valence-electron chi connectivity index (χ0n) is 9.47. The fourth-order valence-corrected chi connectivity index (χ4v) is 1.74. The molecule has 0 atom stereocenters. The zero-order valence-corrected chi connectivity index (χ0v) is 10.2. The number of piperazine rings is 1. The lowest BCUT2D eigenvalue weighted by Gasteiger charge is -2.30. The lowest BCUT2D eigenvalue weighted by molar-refractivity contribution is 0.0600. The first-order chi connectivity index (χ1) is 8.20. The fraction of sp³-hybridized carbons (Fsp3) is 0.500. The highest BCUT2D eigenvalue weighted by molar-refractivity contribution is 6.13. The third-order valence-corrected chi connectivity index (χ3v) is 2.91. The summed E-state index contributed by atoms with van der Waals surface area (Å²) in [6, 6.07) is 0. The molecule has 1 aliphatic rings. The van der Waals surface area contributed by atoms with E-state index in [0.29, 0.717) is 11.5 Å². The number of carbonyl (C=O) groups excluding carboxylic acids is 1. The second-order valence-electron chi connectivity index (χ2n) is 3.66. The quantitative estimate of drug-likeness (QED) is 0.569. The van der Waals surface area contributed by atoms with Gasteiger partial charge in [0.15, 0.2) is 0 Å². The van der Waals surface area contributed by atoms with Gasteiger partial charge in [-0.05, 0) is 11.8 Å². The van der Waals surface area contributed by atoms with E-state index in [0.717, 1.165) is 26.2 Å². The number of anilines is 1. The average Bonchev–Trinajstić information content (AvgIpc) is 2.39. The molecule has 6 nitrogen and oxygen atoms in total. The number of esters is 1. The molecule has 1 aromatic heterocycles. The molecule has 0 amide bonds. The van der Waals surface area contributed by atoms with Gasteiger partial charge in [-0.15, -0.1) is 0 Å². The van der Waals surface area contributed by atoms with Gasteiger partial charge in [-0.2, -0.15) is 0 Å². The summed E-state index contributed by atoms with van der Waals surface area (Å²) in [5.41, 5.74) is 0.354. The molecule has 92 valence electrons. The Morgan fingerprint density at radius 3 is 2.41 bits per heavy atom. The van der Waals surface area contributed by atoms with E-state index >= 15 is 0 Å². The van der Waals surface area contributed by atoms with Crippen LogP contribution in [0.1, 0.15) is 10.4 Å². The minimum absolute atomic E-state index is 0.354. The van der Waals surface area contributed by atoms with Crippen molar-refractivity contribution < 1.29 is 9.53 Å². The lowest BCUT2D eigenvalue weighted by atomic mass is 10.3. The molecule has 0 bridgehead atoms. The normalized spacial score (nSPS) is 16.9. The van der Waals surface area contributed by atoms with Gasteiger partial charge in [-0.1, -0.05) is 0 Å². The number of hydrogen-bond donors (Lipinski definition) is 0. The maximum absolute atomic E-state index is 11.2. The number of rotatable bonds is 2. The third-order valence-electron chi connectivity index (χ3n) is 2.57. The van der Waals surface area contributed by atoms with Crippen molar-refractivity contribution >= 4 is 23.7 Å². The highest BCUT2D eigenvalue weighted by Crippen LogP contribution is 2.11. The molecule has 0 saturated carbocycles. The van der Waals surface area contributed by atoms with Crippen molar-refractivity contribution in [2.24, 2.45) is 0 Å². The maximum atomic E-state index is 11.2. The largest absolute Gasteiger partial charge is 0.465 e. The summed E-state index contributed by atoms with van der Waals surface area (Å²) >= 11 is 5.86. The van der Waals surface area contributed by atoms with Crippen LogP contribution < -0.4 is 4.90 Å². The monoisotopic (exact) mass is 256 g/mol. The van der Waals surface area contributed by atoms with Crippen molar-refractivity contribution in [2.75, 3.05) is 38.2 Å². The Hall–Kier alpha value is -1.40. The Labute approximate surface area is 104 Å². The topological polar surface area (TPSA) is 58.6 Å². The highest BCUT2D eigenvalue weighted by Gasteiger charge is 2.17. The molecule has 0 N–H and O–H groups in total. The van der Waals surface area contributed by atoms with Crippen LogP contribution in [0.2, 0.25) is 0 Å². The maximum Gasteiger partial charge on any atom is 0.341 e. The summed E-state index contributed by atoms with van der Waals surface area (Å²) in [5.74, 6) is 0.185. The van der Waals surface area contributed by atoms with Crippen molar-refractivity contribution in [3.63, 3.8) is 0 Å². The number of hydrogen-bond acceptors (Lipinski definition) is 6. The molecular formula is C10H13ClN4O2. The number of nitrogens with zero attached hydrogens (tertiary/aromatic N) is 4. The van der Waals surface area contributed by atoms with E-state index in [1.165, 1.54) is 19.5 Å². The van der Waals surface area contributed by atoms with Crippen LogP contribution in [-0.4, -0.2) is 53.6 Å². The van der Waals surface area contributed by atoms with Gasteiger partial charge in [-0.25, -0.2) is 19.2 Å². The van der Waals surface area contributed by atoms with Crippen LogP contribution in [0, 0.1) is 0 Å². The van der Waals surface area contributed by atoms with Crippen LogP contribution in [0.4, 0.5) is 5.95 Å². The van der Waals surface area contributed by atoms with Gasteiger partial charge in [0.25, 0.3) is 0 Å². The van der Waals surface area contributed by atoms with Gasteiger partial charge in [0.05, 0.1) is 12.7 Å². The number of carbonyl (C=O) groups is 1. The predicted octanol–water partition coefficient (Wildman–Crippen LogP) is 0.539. The number of ether oxygens (including phenoxy) is 1. The Kier molecular flexibility index (Phi) is 3.75. The first-order valence-corrected chi connectivity index (χ1v) is 5.60. The first kappa shape index (κ1) is 12.1. The molecule has 0 aromatic carbocycles. The van der Waals surface area contributed by atoms with Gasteiger partial charge in [0.1, 0.15) is 0 Å². The molecule has 0 aliphatic carbocycles. The number of aromatic nitrogens is 2. The van der Waals surface area contributed by atoms with E-state index in [1.807, 2.05) is 4.90 Å². The van der Waals surface area contributed by atoms with Crippen LogP contribution in [-0.2, 0) is 4.74 Å². The molecular weight excluding hydrogens is 244 g/mol. The molecule has 0 radical (unpaired) electrons. The molecule has 17 heavy (non-hydrogen) atoms. The number of halogens is 1. The Bertz CT molecular complexity index is 390. The molecule has 1 saturated heterocycles. The minimum atomic E-state index is -0.429. The van der Waals surface area contributed by atoms with E-state index in [1.54, 1.807) is 4.42 Å². The van der Waals surface area contributed by atoms with Gasteiger partial charge >= 0.3 is 5.97 Å². The first-order valence-electron chi connectivity index (χ1n) is 5.27. The molecule has 0 unspecified atom stereocenters. The summed E-state index contributed by atoms with van der Waals surface area (Å²) in [5, 5.41) is 0. The van der Waals surface area contributed by atoms with Crippen LogP contribution >= 0.6 is 11.8 Å². The van der Waals surface area contributed by atoms with Crippen molar-refractivity contribution in [1.82, 2.24) is 14.4 Å². The molecule has 1 aromatic rings. The Morgan fingerprint density at radius 1 is 1.29 bits per heavy atom. The van der Waals surface area contributed by atoms with E-state index in [4.69, 9.17) is 11.8 Å². The van der Waals surface area contributed by atoms with E-state index in [-0.39, 0.29) is 0 Å². The van der Waals surface area contributed by atoms with Crippen molar-refractivity contribution in [3.8, 4) is 0 Å². The summed E-state index contributed by atoms with van der Waals surface area (Å²) < 4.78 is 6.31. The minimum Gasteiger partial charge on any atom is -0.465 e.